The minimum Gasteiger partial charge on any atom is -0.466 e. The molecule has 0 saturated heterocycles. The van der Waals surface area contributed by atoms with E-state index >= 15 is 0 Å². The summed E-state index contributed by atoms with van der Waals surface area (Å²) in [5.74, 6) is -0.880. The highest BCUT2D eigenvalue weighted by Gasteiger charge is 2.21. The first-order valence-electron chi connectivity index (χ1n) is 5.58. The molecule has 0 spiro atoms. The van der Waals surface area contributed by atoms with Gasteiger partial charge in [0.1, 0.15) is 0 Å². The molecule has 0 unspecified atom stereocenters. The summed E-state index contributed by atoms with van der Waals surface area (Å²) in [6.07, 6.45) is -0.181. The lowest BCUT2D eigenvalue weighted by Crippen LogP contribution is -2.42. The van der Waals surface area contributed by atoms with Gasteiger partial charge in [0, 0.05) is 6.04 Å². The van der Waals surface area contributed by atoms with Gasteiger partial charge in [-0.2, -0.15) is 0 Å². The molecule has 7 heteroatoms. The maximum Gasteiger partial charge on any atom is 0.306 e. The van der Waals surface area contributed by atoms with Crippen molar-refractivity contribution in [3.63, 3.8) is 0 Å². The molecule has 0 aromatic carbocycles. The highest BCUT2D eigenvalue weighted by atomic mass is 32.2. The number of aliphatic hydroxyl groups excluding tert-OH is 1. The zero-order valence-electron chi connectivity index (χ0n) is 10.5. The molecule has 0 amide bonds. The van der Waals surface area contributed by atoms with Crippen LogP contribution in [-0.4, -0.2) is 44.5 Å². The Morgan fingerprint density at radius 1 is 1.41 bits per heavy atom. The highest BCUT2D eigenvalue weighted by Crippen LogP contribution is 2.03. The van der Waals surface area contributed by atoms with Crippen LogP contribution in [0.1, 0.15) is 27.2 Å². The topological polar surface area (TPSA) is 92.7 Å². The molecule has 0 aliphatic carbocycles. The van der Waals surface area contributed by atoms with Crippen LogP contribution >= 0.6 is 0 Å². The van der Waals surface area contributed by atoms with Crippen molar-refractivity contribution in [1.29, 1.82) is 0 Å². The van der Waals surface area contributed by atoms with Gasteiger partial charge >= 0.3 is 5.97 Å². The van der Waals surface area contributed by atoms with Gasteiger partial charge < -0.3 is 9.84 Å². The van der Waals surface area contributed by atoms with Gasteiger partial charge in [0.25, 0.3) is 0 Å². The molecule has 0 heterocycles. The number of sulfonamides is 1. The molecule has 0 aromatic heterocycles. The van der Waals surface area contributed by atoms with Crippen LogP contribution in [-0.2, 0) is 19.6 Å². The molecule has 0 aromatic rings. The molecule has 6 nitrogen and oxygen atoms in total. The van der Waals surface area contributed by atoms with E-state index in [1.807, 2.05) is 0 Å². The molecular weight excluding hydrogens is 246 g/mol. The summed E-state index contributed by atoms with van der Waals surface area (Å²) in [5.41, 5.74) is 0. The van der Waals surface area contributed by atoms with Gasteiger partial charge in [0.15, 0.2) is 0 Å². The van der Waals surface area contributed by atoms with E-state index in [-0.39, 0.29) is 31.3 Å². The van der Waals surface area contributed by atoms with Gasteiger partial charge in [-0.05, 0) is 12.8 Å². The molecule has 0 bridgehead atoms. The monoisotopic (exact) mass is 267 g/mol. The van der Waals surface area contributed by atoms with Gasteiger partial charge in [-0.15, -0.1) is 0 Å². The normalized spacial score (nSPS) is 13.7. The molecule has 17 heavy (non-hydrogen) atoms. The molecule has 0 radical (unpaired) electrons. The van der Waals surface area contributed by atoms with Gasteiger partial charge in [-0.3, -0.25) is 4.79 Å². The fourth-order valence-electron chi connectivity index (χ4n) is 1.12. The van der Waals surface area contributed by atoms with Gasteiger partial charge in [-0.1, -0.05) is 13.8 Å². The van der Waals surface area contributed by atoms with Crippen LogP contribution in [0.3, 0.4) is 0 Å². The largest absolute Gasteiger partial charge is 0.466 e. The Morgan fingerprint density at radius 2 is 2.00 bits per heavy atom. The fraction of sp³-hybridized carbons (Fsp3) is 0.900. The van der Waals surface area contributed by atoms with Gasteiger partial charge in [-0.25, -0.2) is 13.1 Å². The minimum atomic E-state index is -3.56. The van der Waals surface area contributed by atoms with Crippen LogP contribution in [0.25, 0.3) is 0 Å². The highest BCUT2D eigenvalue weighted by molar-refractivity contribution is 7.89. The molecule has 0 saturated carbocycles. The van der Waals surface area contributed by atoms with Crippen LogP contribution in [0.4, 0.5) is 0 Å². The first kappa shape index (κ1) is 16.3. The van der Waals surface area contributed by atoms with Crippen LogP contribution in [0.2, 0.25) is 0 Å². The third-order valence-corrected chi connectivity index (χ3v) is 3.62. The number of hydrogen-bond acceptors (Lipinski definition) is 5. The zero-order chi connectivity index (χ0) is 13.5. The van der Waals surface area contributed by atoms with Crippen molar-refractivity contribution < 1.29 is 23.1 Å². The van der Waals surface area contributed by atoms with Crippen molar-refractivity contribution >= 4 is 16.0 Å². The molecular formula is C10H21NO5S. The predicted octanol–water partition coefficient (Wildman–Crippen LogP) is -0.124. The van der Waals surface area contributed by atoms with E-state index in [0.717, 1.165) is 0 Å². The number of aliphatic hydroxyl groups is 1. The number of carbonyl (C=O) groups is 1. The Labute approximate surface area is 102 Å². The maximum absolute atomic E-state index is 11.6. The smallest absolute Gasteiger partial charge is 0.306 e. The van der Waals surface area contributed by atoms with Crippen LogP contribution in [0, 0.1) is 5.92 Å². The van der Waals surface area contributed by atoms with Crippen LogP contribution < -0.4 is 4.72 Å². The van der Waals surface area contributed by atoms with E-state index in [1.165, 1.54) is 0 Å². The average Bonchev–Trinajstić information content (AvgIpc) is 2.23. The van der Waals surface area contributed by atoms with Crippen molar-refractivity contribution in [1.82, 2.24) is 4.72 Å². The molecule has 1 atom stereocenters. The number of nitrogens with one attached hydrogen (secondary N) is 1. The molecule has 102 valence electrons. The van der Waals surface area contributed by atoms with E-state index in [0.29, 0.717) is 0 Å². The summed E-state index contributed by atoms with van der Waals surface area (Å²) in [4.78, 5) is 11.0. The third kappa shape index (κ3) is 7.30. The van der Waals surface area contributed by atoms with E-state index in [1.54, 1.807) is 20.8 Å². The molecule has 0 aliphatic rings. The van der Waals surface area contributed by atoms with Crippen LogP contribution in [0.5, 0.6) is 0 Å². The fourth-order valence-corrected chi connectivity index (χ4v) is 2.49. The van der Waals surface area contributed by atoms with Gasteiger partial charge in [0.05, 0.1) is 25.4 Å². The number of rotatable bonds is 8. The lowest BCUT2D eigenvalue weighted by molar-refractivity contribution is -0.142. The SMILES string of the molecule is CCOC(=O)CCS(=O)(=O)N[C@H](CO)C(C)C. The number of esters is 1. The Morgan fingerprint density at radius 3 is 2.41 bits per heavy atom. The lowest BCUT2D eigenvalue weighted by atomic mass is 10.1. The summed E-state index contributed by atoms with van der Waals surface area (Å²) >= 11 is 0. The standard InChI is InChI=1S/C10H21NO5S/c1-4-16-10(13)5-6-17(14,15)11-9(7-12)8(2)3/h8-9,11-12H,4-7H2,1-3H3/t9-/m1/s1. The van der Waals surface area contributed by atoms with Gasteiger partial charge in [0.2, 0.25) is 10.0 Å². The average molecular weight is 267 g/mol. The van der Waals surface area contributed by atoms with Crippen molar-refractivity contribution in [3.8, 4) is 0 Å². The van der Waals surface area contributed by atoms with Crippen molar-refractivity contribution in [2.75, 3.05) is 19.0 Å². The Kier molecular flexibility index (Phi) is 7.33. The molecule has 2 N–H and O–H groups in total. The minimum absolute atomic E-state index is 0.0163. The molecule has 0 rings (SSSR count). The lowest BCUT2D eigenvalue weighted by Gasteiger charge is -2.19. The van der Waals surface area contributed by atoms with E-state index in [9.17, 15) is 13.2 Å². The maximum atomic E-state index is 11.6. The second-order valence-electron chi connectivity index (χ2n) is 4.02. The summed E-state index contributed by atoms with van der Waals surface area (Å²) in [6, 6.07) is -0.526. The Bertz CT molecular complexity index is 326. The van der Waals surface area contributed by atoms with Crippen molar-refractivity contribution in [3.05, 3.63) is 0 Å². The van der Waals surface area contributed by atoms with Crippen molar-refractivity contribution in [2.24, 2.45) is 5.92 Å². The molecule has 0 fully saturated rings. The second kappa shape index (κ2) is 7.62. The zero-order valence-corrected chi connectivity index (χ0v) is 11.3. The first-order chi connectivity index (χ1) is 7.82. The summed E-state index contributed by atoms with van der Waals surface area (Å²) in [7, 11) is -3.56. The Hall–Kier alpha value is -0.660. The predicted molar refractivity (Wildman–Crippen MR) is 63.9 cm³/mol. The first-order valence-corrected chi connectivity index (χ1v) is 7.24. The third-order valence-electron chi connectivity index (χ3n) is 2.21. The summed E-state index contributed by atoms with van der Waals surface area (Å²) < 4.78 is 30.2. The number of ether oxygens (including phenoxy) is 1. The van der Waals surface area contributed by atoms with Crippen molar-refractivity contribution in [2.45, 2.75) is 33.2 Å². The van der Waals surface area contributed by atoms with E-state index in [4.69, 9.17) is 5.11 Å². The van der Waals surface area contributed by atoms with E-state index in [2.05, 4.69) is 9.46 Å². The molecule has 0 aliphatic heterocycles. The quantitative estimate of drug-likeness (QED) is 0.598. The number of hydrogen-bond donors (Lipinski definition) is 2. The number of carbonyl (C=O) groups excluding carboxylic acids is 1. The summed E-state index contributed by atoms with van der Waals surface area (Å²) in [6.45, 7) is 5.22. The van der Waals surface area contributed by atoms with Crippen LogP contribution in [0.15, 0.2) is 0 Å². The Balaban J connectivity index is 4.25. The van der Waals surface area contributed by atoms with E-state index < -0.39 is 22.0 Å². The second-order valence-corrected chi connectivity index (χ2v) is 5.90. The summed E-state index contributed by atoms with van der Waals surface area (Å²) in [5, 5.41) is 9.00.